The maximum atomic E-state index is 12.8. The molecule has 1 N–H and O–H groups in total. The van der Waals surface area contributed by atoms with Crippen LogP contribution in [0, 0.1) is 0 Å². The Hall–Kier alpha value is -3.22. The van der Waals surface area contributed by atoms with Crippen molar-refractivity contribution >= 4 is 22.8 Å². The molecular weight excluding hydrogens is 342 g/mol. The van der Waals surface area contributed by atoms with Crippen LogP contribution in [-0.4, -0.2) is 62.7 Å². The Morgan fingerprint density at radius 2 is 1.59 bits per heavy atom. The Morgan fingerprint density at radius 1 is 0.963 bits per heavy atom. The summed E-state index contributed by atoms with van der Waals surface area (Å²) in [4.78, 5) is 40.6. The van der Waals surface area contributed by atoms with Crippen LogP contribution in [0.15, 0.2) is 42.7 Å². The molecule has 1 saturated heterocycles. The highest BCUT2D eigenvalue weighted by atomic mass is 16.2. The van der Waals surface area contributed by atoms with E-state index in [1.165, 1.54) is 0 Å². The molecule has 1 fully saturated rings. The van der Waals surface area contributed by atoms with E-state index in [1.807, 2.05) is 25.1 Å². The van der Waals surface area contributed by atoms with Gasteiger partial charge in [-0.3, -0.25) is 14.6 Å². The van der Waals surface area contributed by atoms with Gasteiger partial charge in [-0.05, 0) is 30.3 Å². The number of piperazine rings is 1. The molecule has 1 aromatic carbocycles. The van der Waals surface area contributed by atoms with Gasteiger partial charge >= 0.3 is 0 Å². The molecule has 27 heavy (non-hydrogen) atoms. The monoisotopic (exact) mass is 363 g/mol. The van der Waals surface area contributed by atoms with Gasteiger partial charge in [0.15, 0.2) is 0 Å². The van der Waals surface area contributed by atoms with Gasteiger partial charge in [0.2, 0.25) is 0 Å². The zero-order valence-corrected chi connectivity index (χ0v) is 15.2. The van der Waals surface area contributed by atoms with Crippen molar-refractivity contribution in [3.05, 3.63) is 59.7 Å². The summed E-state index contributed by atoms with van der Waals surface area (Å²) in [6, 6.07) is 8.98. The summed E-state index contributed by atoms with van der Waals surface area (Å²) in [5, 5.41) is 0. The lowest BCUT2D eigenvalue weighted by Gasteiger charge is -2.34. The highest BCUT2D eigenvalue weighted by Gasteiger charge is 2.25. The van der Waals surface area contributed by atoms with Crippen molar-refractivity contribution in [3.8, 4) is 0 Å². The molecule has 3 aromatic rings. The molecule has 0 radical (unpaired) electrons. The first-order chi connectivity index (χ1) is 13.2. The van der Waals surface area contributed by atoms with Gasteiger partial charge < -0.3 is 14.8 Å². The first kappa shape index (κ1) is 17.2. The number of fused-ring (bicyclic) bond motifs is 1. The fourth-order valence-electron chi connectivity index (χ4n) is 3.34. The molecule has 3 heterocycles. The van der Waals surface area contributed by atoms with E-state index in [4.69, 9.17) is 0 Å². The van der Waals surface area contributed by atoms with Gasteiger partial charge in [-0.1, -0.05) is 6.92 Å². The van der Waals surface area contributed by atoms with Crippen LogP contribution in [0.1, 0.15) is 33.5 Å². The molecule has 7 nitrogen and oxygen atoms in total. The number of benzene rings is 1. The van der Waals surface area contributed by atoms with E-state index in [0.717, 1.165) is 23.3 Å². The van der Waals surface area contributed by atoms with E-state index in [1.54, 1.807) is 34.3 Å². The summed E-state index contributed by atoms with van der Waals surface area (Å²) in [6.07, 6.45) is 4.05. The summed E-state index contributed by atoms with van der Waals surface area (Å²) < 4.78 is 0. The number of nitrogens with one attached hydrogen (secondary N) is 1. The number of hydrogen-bond acceptors (Lipinski definition) is 4. The molecule has 2 amide bonds. The average molecular weight is 363 g/mol. The van der Waals surface area contributed by atoms with Crippen molar-refractivity contribution < 1.29 is 9.59 Å². The van der Waals surface area contributed by atoms with Crippen molar-refractivity contribution in [2.45, 2.75) is 13.3 Å². The van der Waals surface area contributed by atoms with Crippen molar-refractivity contribution in [2.75, 3.05) is 26.2 Å². The Bertz CT molecular complexity index is 974. The third kappa shape index (κ3) is 3.40. The molecule has 7 heteroatoms. The Morgan fingerprint density at radius 3 is 2.22 bits per heavy atom. The van der Waals surface area contributed by atoms with Crippen LogP contribution in [0.4, 0.5) is 0 Å². The van der Waals surface area contributed by atoms with Gasteiger partial charge in [-0.15, -0.1) is 0 Å². The fourth-order valence-corrected chi connectivity index (χ4v) is 3.34. The molecule has 0 spiro atoms. The number of amides is 2. The number of carbonyl (C=O) groups is 2. The number of nitrogens with zero attached hydrogens (tertiary/aromatic N) is 4. The second kappa shape index (κ2) is 7.19. The summed E-state index contributed by atoms with van der Waals surface area (Å²) in [6.45, 7) is 4.14. The Labute approximate surface area is 157 Å². The van der Waals surface area contributed by atoms with Crippen molar-refractivity contribution in [1.82, 2.24) is 24.8 Å². The minimum Gasteiger partial charge on any atom is -0.342 e. The number of aromatic nitrogens is 3. The number of pyridine rings is 1. The van der Waals surface area contributed by atoms with Crippen LogP contribution >= 0.6 is 0 Å². The third-order valence-electron chi connectivity index (χ3n) is 4.89. The number of carbonyl (C=O) groups excluding carboxylic acids is 2. The van der Waals surface area contributed by atoms with E-state index in [9.17, 15) is 9.59 Å². The van der Waals surface area contributed by atoms with E-state index >= 15 is 0 Å². The van der Waals surface area contributed by atoms with Gasteiger partial charge in [0.05, 0.1) is 11.0 Å². The molecule has 0 aliphatic carbocycles. The van der Waals surface area contributed by atoms with Gasteiger partial charge in [-0.25, -0.2) is 4.98 Å². The smallest absolute Gasteiger partial charge is 0.254 e. The SMILES string of the molecule is CCc1nc2ccc(C(=O)N3CCN(C(=O)c4ccncc4)CC3)cc2[nH]1. The van der Waals surface area contributed by atoms with Crippen LogP contribution in [0.3, 0.4) is 0 Å². The number of imidazole rings is 1. The lowest BCUT2D eigenvalue weighted by molar-refractivity contribution is 0.0535. The third-order valence-corrected chi connectivity index (χ3v) is 4.89. The van der Waals surface area contributed by atoms with Gasteiger partial charge in [0.25, 0.3) is 11.8 Å². The summed E-state index contributed by atoms with van der Waals surface area (Å²) in [5.74, 6) is 0.883. The van der Waals surface area contributed by atoms with Crippen molar-refractivity contribution in [3.63, 3.8) is 0 Å². The summed E-state index contributed by atoms with van der Waals surface area (Å²) >= 11 is 0. The van der Waals surface area contributed by atoms with Crippen LogP contribution in [0.25, 0.3) is 11.0 Å². The largest absolute Gasteiger partial charge is 0.342 e. The second-order valence-electron chi connectivity index (χ2n) is 6.59. The predicted molar refractivity (Wildman–Crippen MR) is 102 cm³/mol. The number of aryl methyl sites for hydroxylation is 1. The van der Waals surface area contributed by atoms with Crippen LogP contribution in [0.2, 0.25) is 0 Å². The molecule has 1 aliphatic rings. The zero-order valence-electron chi connectivity index (χ0n) is 15.2. The van der Waals surface area contributed by atoms with Crippen LogP contribution in [0.5, 0.6) is 0 Å². The van der Waals surface area contributed by atoms with Gasteiger partial charge in [0, 0.05) is 56.1 Å². The summed E-state index contributed by atoms with van der Waals surface area (Å²) in [7, 11) is 0. The van der Waals surface area contributed by atoms with Crippen molar-refractivity contribution in [1.29, 1.82) is 0 Å². The standard InChI is InChI=1S/C20H21N5O2/c1-2-18-22-16-4-3-15(13-17(16)23-18)20(27)25-11-9-24(10-12-25)19(26)14-5-7-21-8-6-14/h3-8,13H,2,9-12H2,1H3,(H,22,23). The van der Waals surface area contributed by atoms with E-state index in [0.29, 0.717) is 37.3 Å². The van der Waals surface area contributed by atoms with Crippen molar-refractivity contribution in [2.24, 2.45) is 0 Å². The fraction of sp³-hybridized carbons (Fsp3) is 0.300. The minimum absolute atomic E-state index is 0.0134. The molecule has 0 unspecified atom stereocenters. The first-order valence-electron chi connectivity index (χ1n) is 9.13. The minimum atomic E-state index is -0.0181. The highest BCUT2D eigenvalue weighted by molar-refractivity contribution is 5.98. The van der Waals surface area contributed by atoms with Gasteiger partial charge in [-0.2, -0.15) is 0 Å². The number of aromatic amines is 1. The molecule has 4 rings (SSSR count). The topological polar surface area (TPSA) is 82.2 Å². The molecule has 0 saturated carbocycles. The van der Waals surface area contributed by atoms with Gasteiger partial charge in [0.1, 0.15) is 5.82 Å². The highest BCUT2D eigenvalue weighted by Crippen LogP contribution is 2.17. The molecule has 1 aliphatic heterocycles. The average Bonchev–Trinajstić information content (AvgIpc) is 3.16. The van der Waals surface area contributed by atoms with E-state index < -0.39 is 0 Å². The maximum Gasteiger partial charge on any atom is 0.254 e. The lowest BCUT2D eigenvalue weighted by atomic mass is 10.1. The second-order valence-corrected chi connectivity index (χ2v) is 6.59. The molecule has 138 valence electrons. The quantitative estimate of drug-likeness (QED) is 0.773. The zero-order chi connectivity index (χ0) is 18.8. The predicted octanol–water partition coefficient (Wildman–Crippen LogP) is 2.12. The number of H-pyrrole nitrogens is 1. The lowest BCUT2D eigenvalue weighted by Crippen LogP contribution is -2.50. The molecule has 0 atom stereocenters. The van der Waals surface area contributed by atoms with Crippen LogP contribution in [-0.2, 0) is 6.42 Å². The Kier molecular flexibility index (Phi) is 4.58. The van der Waals surface area contributed by atoms with Crippen LogP contribution < -0.4 is 0 Å². The molecule has 2 aromatic heterocycles. The first-order valence-corrected chi connectivity index (χ1v) is 9.13. The summed E-state index contributed by atoms with van der Waals surface area (Å²) in [5.41, 5.74) is 3.02. The molecule has 0 bridgehead atoms. The number of rotatable bonds is 3. The maximum absolute atomic E-state index is 12.8. The molecular formula is C20H21N5O2. The van der Waals surface area contributed by atoms with E-state index in [2.05, 4.69) is 15.0 Å². The van der Waals surface area contributed by atoms with E-state index in [-0.39, 0.29) is 11.8 Å². The normalized spacial score (nSPS) is 14.6. The Balaban J connectivity index is 1.43. The number of hydrogen-bond donors (Lipinski definition) is 1.